The molecule has 0 spiro atoms. The Balaban J connectivity index is 0.000001000. The van der Waals surface area contributed by atoms with Gasteiger partial charge in [-0.15, -0.1) is 12.4 Å². The lowest BCUT2D eigenvalue weighted by Gasteiger charge is -2.05. The van der Waals surface area contributed by atoms with Crippen LogP contribution in [0.2, 0.25) is 0 Å². The predicted molar refractivity (Wildman–Crippen MR) is 44.8 cm³/mol. The molecule has 0 saturated carbocycles. The van der Waals surface area contributed by atoms with Crippen molar-refractivity contribution < 1.29 is 9.53 Å². The van der Waals surface area contributed by atoms with E-state index in [9.17, 15) is 4.79 Å². The van der Waals surface area contributed by atoms with Crippen LogP contribution in [0.5, 0.6) is 0 Å². The number of rotatable bonds is 1. The van der Waals surface area contributed by atoms with Crippen LogP contribution in [0.1, 0.15) is 13.3 Å². The van der Waals surface area contributed by atoms with Crippen LogP contribution in [0.4, 0.5) is 0 Å². The van der Waals surface area contributed by atoms with Gasteiger partial charge in [-0.05, 0) is 18.9 Å². The number of halogens is 1. The van der Waals surface area contributed by atoms with Gasteiger partial charge in [-0.3, -0.25) is 4.79 Å². The Kier molecular flexibility index (Phi) is 4.45. The maximum atomic E-state index is 10.9. The molecule has 1 N–H and O–H groups in total. The van der Waals surface area contributed by atoms with Crippen LogP contribution in [0.15, 0.2) is 0 Å². The molecule has 0 aromatic heterocycles. The van der Waals surface area contributed by atoms with E-state index in [0.717, 1.165) is 13.0 Å². The zero-order valence-corrected chi connectivity index (χ0v) is 7.61. The number of methoxy groups -OCH3 is 1. The second-order valence-corrected chi connectivity index (χ2v) is 2.82. The topological polar surface area (TPSA) is 38.3 Å². The molecule has 4 heteroatoms. The standard InChI is InChI=1S/C7H13NO2.ClH/c1-5-3-6(8-4-5)7(9)10-2;/h5-6,8H,3-4H2,1-2H3;1H/t5-,6+;/m0./s1. The first-order valence-electron chi connectivity index (χ1n) is 3.55. The fourth-order valence-electron chi connectivity index (χ4n) is 1.23. The van der Waals surface area contributed by atoms with Crippen LogP contribution < -0.4 is 5.32 Å². The van der Waals surface area contributed by atoms with E-state index in [4.69, 9.17) is 0 Å². The van der Waals surface area contributed by atoms with Gasteiger partial charge in [0.25, 0.3) is 0 Å². The number of ether oxygens (including phenoxy) is 1. The van der Waals surface area contributed by atoms with Crippen molar-refractivity contribution in [3.63, 3.8) is 0 Å². The molecule has 0 aromatic rings. The zero-order valence-electron chi connectivity index (χ0n) is 6.79. The third-order valence-electron chi connectivity index (χ3n) is 1.84. The Morgan fingerprint density at radius 2 is 2.27 bits per heavy atom. The highest BCUT2D eigenvalue weighted by Crippen LogP contribution is 2.13. The molecule has 1 saturated heterocycles. The van der Waals surface area contributed by atoms with Crippen molar-refractivity contribution in [3.05, 3.63) is 0 Å². The van der Waals surface area contributed by atoms with E-state index in [0.29, 0.717) is 5.92 Å². The fourth-order valence-corrected chi connectivity index (χ4v) is 1.23. The molecule has 66 valence electrons. The molecule has 2 atom stereocenters. The van der Waals surface area contributed by atoms with Crippen LogP contribution in [-0.4, -0.2) is 25.7 Å². The van der Waals surface area contributed by atoms with E-state index in [2.05, 4.69) is 17.0 Å². The number of hydrogen-bond acceptors (Lipinski definition) is 3. The molecule has 0 radical (unpaired) electrons. The summed E-state index contributed by atoms with van der Waals surface area (Å²) < 4.78 is 4.58. The smallest absolute Gasteiger partial charge is 0.322 e. The Bertz CT molecular complexity index is 140. The van der Waals surface area contributed by atoms with E-state index in [1.807, 2.05) is 0 Å². The first-order valence-corrected chi connectivity index (χ1v) is 3.55. The summed E-state index contributed by atoms with van der Waals surface area (Å²) in [5.74, 6) is 0.466. The zero-order chi connectivity index (χ0) is 7.56. The number of hydrogen-bond donors (Lipinski definition) is 1. The van der Waals surface area contributed by atoms with Crippen molar-refractivity contribution >= 4 is 18.4 Å². The van der Waals surface area contributed by atoms with Gasteiger partial charge in [0.2, 0.25) is 0 Å². The van der Waals surface area contributed by atoms with Crippen LogP contribution >= 0.6 is 12.4 Å². The third-order valence-corrected chi connectivity index (χ3v) is 1.84. The van der Waals surface area contributed by atoms with E-state index in [1.54, 1.807) is 0 Å². The average Bonchev–Trinajstić information content (AvgIpc) is 2.34. The predicted octanol–water partition coefficient (Wildman–Crippen LogP) is 0.579. The summed E-state index contributed by atoms with van der Waals surface area (Å²) in [6, 6.07) is -0.0556. The summed E-state index contributed by atoms with van der Waals surface area (Å²) >= 11 is 0. The SMILES string of the molecule is COC(=O)[C@H]1C[C@H](C)CN1.Cl. The minimum atomic E-state index is -0.135. The second kappa shape index (κ2) is 4.57. The lowest BCUT2D eigenvalue weighted by molar-refractivity contribution is -0.142. The normalized spacial score (nSPS) is 29.3. The lowest BCUT2D eigenvalue weighted by Crippen LogP contribution is -2.31. The molecule has 0 aliphatic carbocycles. The summed E-state index contributed by atoms with van der Waals surface area (Å²) in [6.07, 6.45) is 0.909. The molecule has 0 unspecified atom stereocenters. The van der Waals surface area contributed by atoms with Gasteiger partial charge >= 0.3 is 5.97 Å². The van der Waals surface area contributed by atoms with Gasteiger partial charge in [0.1, 0.15) is 6.04 Å². The molecule has 1 aliphatic heterocycles. The summed E-state index contributed by atoms with van der Waals surface area (Å²) in [7, 11) is 1.42. The van der Waals surface area contributed by atoms with Gasteiger partial charge in [-0.25, -0.2) is 0 Å². The summed E-state index contributed by atoms with van der Waals surface area (Å²) in [5.41, 5.74) is 0. The number of esters is 1. The molecule has 1 rings (SSSR count). The van der Waals surface area contributed by atoms with E-state index in [-0.39, 0.29) is 24.4 Å². The van der Waals surface area contributed by atoms with Gasteiger partial charge in [-0.2, -0.15) is 0 Å². The minimum Gasteiger partial charge on any atom is -0.468 e. The second-order valence-electron chi connectivity index (χ2n) is 2.82. The average molecular weight is 180 g/mol. The Morgan fingerprint density at radius 3 is 2.64 bits per heavy atom. The molecule has 1 fully saturated rings. The summed E-state index contributed by atoms with van der Waals surface area (Å²) in [4.78, 5) is 10.9. The molecule has 11 heavy (non-hydrogen) atoms. The van der Waals surface area contributed by atoms with Gasteiger partial charge in [0.15, 0.2) is 0 Å². The quantitative estimate of drug-likeness (QED) is 0.599. The number of carbonyl (C=O) groups is 1. The molecular formula is C7H14ClNO2. The van der Waals surface area contributed by atoms with Crippen LogP contribution in [-0.2, 0) is 9.53 Å². The maximum absolute atomic E-state index is 10.9. The highest BCUT2D eigenvalue weighted by Gasteiger charge is 2.26. The van der Waals surface area contributed by atoms with E-state index < -0.39 is 0 Å². The van der Waals surface area contributed by atoms with Crippen molar-refractivity contribution in [2.24, 2.45) is 5.92 Å². The molecule has 1 heterocycles. The van der Waals surface area contributed by atoms with Gasteiger partial charge < -0.3 is 10.1 Å². The minimum absolute atomic E-state index is 0. The van der Waals surface area contributed by atoms with Crippen LogP contribution in [0, 0.1) is 5.92 Å². The number of carbonyl (C=O) groups excluding carboxylic acids is 1. The molecule has 1 aliphatic rings. The fraction of sp³-hybridized carbons (Fsp3) is 0.857. The van der Waals surface area contributed by atoms with Crippen molar-refractivity contribution in [2.75, 3.05) is 13.7 Å². The van der Waals surface area contributed by atoms with Crippen molar-refractivity contribution in [3.8, 4) is 0 Å². The monoisotopic (exact) mass is 179 g/mol. The van der Waals surface area contributed by atoms with Crippen LogP contribution in [0.25, 0.3) is 0 Å². The Morgan fingerprint density at radius 1 is 1.64 bits per heavy atom. The molecule has 0 bridgehead atoms. The van der Waals surface area contributed by atoms with Crippen molar-refractivity contribution in [1.29, 1.82) is 0 Å². The summed E-state index contributed by atoms with van der Waals surface area (Å²) in [5, 5.41) is 3.08. The van der Waals surface area contributed by atoms with Crippen molar-refractivity contribution in [2.45, 2.75) is 19.4 Å². The first-order chi connectivity index (χ1) is 4.74. The largest absolute Gasteiger partial charge is 0.468 e. The van der Waals surface area contributed by atoms with Gasteiger partial charge in [0.05, 0.1) is 7.11 Å². The first kappa shape index (κ1) is 10.7. The third kappa shape index (κ3) is 2.67. The van der Waals surface area contributed by atoms with Gasteiger partial charge in [-0.1, -0.05) is 6.92 Å². The highest BCUT2D eigenvalue weighted by molar-refractivity contribution is 5.85. The molecular weight excluding hydrogens is 166 g/mol. The summed E-state index contributed by atoms with van der Waals surface area (Å²) in [6.45, 7) is 3.05. The van der Waals surface area contributed by atoms with Crippen LogP contribution in [0.3, 0.4) is 0 Å². The molecule has 0 amide bonds. The Labute approximate surface area is 72.9 Å². The molecule has 0 aromatic carbocycles. The Hall–Kier alpha value is -0.280. The number of nitrogens with one attached hydrogen (secondary N) is 1. The van der Waals surface area contributed by atoms with Gasteiger partial charge in [0, 0.05) is 0 Å². The lowest BCUT2D eigenvalue weighted by atomic mass is 10.1. The molecule has 3 nitrogen and oxygen atoms in total. The van der Waals surface area contributed by atoms with E-state index >= 15 is 0 Å². The van der Waals surface area contributed by atoms with Crippen molar-refractivity contribution in [1.82, 2.24) is 5.32 Å². The van der Waals surface area contributed by atoms with E-state index in [1.165, 1.54) is 7.11 Å². The maximum Gasteiger partial charge on any atom is 0.322 e. The highest BCUT2D eigenvalue weighted by atomic mass is 35.5.